The van der Waals surface area contributed by atoms with E-state index in [4.69, 9.17) is 8.74 Å². The lowest BCUT2D eigenvalue weighted by atomic mass is 9.64. The molecule has 0 spiro atoms. The molecule has 5 nitrogen and oxygen atoms in total. The number of aliphatic hydroxyl groups excluding tert-OH is 1. The molecular weight excluding hydrogens is 328 g/mol. The zero-order chi connectivity index (χ0) is 17.1. The Bertz CT molecular complexity index is 772. The first-order chi connectivity index (χ1) is 11.3. The smallest absolute Gasteiger partial charge is 0.393 e. The van der Waals surface area contributed by atoms with Gasteiger partial charge in [-0.15, -0.1) is 0 Å². The van der Waals surface area contributed by atoms with Gasteiger partial charge in [-0.1, -0.05) is 19.1 Å². The Hall–Kier alpha value is -0.950. The minimum atomic E-state index is -4.40. The van der Waals surface area contributed by atoms with E-state index in [1.54, 1.807) is 0 Å². The van der Waals surface area contributed by atoms with Crippen molar-refractivity contribution >= 4 is 10.4 Å². The van der Waals surface area contributed by atoms with Crippen LogP contribution in [0.1, 0.15) is 60.8 Å². The summed E-state index contributed by atoms with van der Waals surface area (Å²) in [5.74, 6) is 0.424. The Labute approximate surface area is 143 Å². The molecule has 3 aliphatic rings. The minimum absolute atomic E-state index is 0.00742. The van der Waals surface area contributed by atoms with Gasteiger partial charge in [0.05, 0.1) is 12.2 Å². The predicted octanol–water partition coefficient (Wildman–Crippen LogP) is 2.55. The summed E-state index contributed by atoms with van der Waals surface area (Å²) in [5.41, 5.74) is 5.26. The van der Waals surface area contributed by atoms with Crippen LogP contribution in [-0.4, -0.2) is 30.3 Å². The SMILES string of the molecule is C[C@]12CCc3c(ccc4c3CC[C@H](OS(=O)(=O)O)C4)C1CC[C@@H]2O. The first-order valence-electron chi connectivity index (χ1n) is 8.75. The predicted molar refractivity (Wildman–Crippen MR) is 89.3 cm³/mol. The van der Waals surface area contributed by atoms with Crippen LogP contribution in [0.4, 0.5) is 0 Å². The van der Waals surface area contributed by atoms with Gasteiger partial charge < -0.3 is 5.11 Å². The van der Waals surface area contributed by atoms with Crippen molar-refractivity contribution < 1.29 is 22.3 Å². The summed E-state index contributed by atoms with van der Waals surface area (Å²) in [4.78, 5) is 0. The topological polar surface area (TPSA) is 83.8 Å². The van der Waals surface area contributed by atoms with Crippen molar-refractivity contribution in [3.8, 4) is 0 Å². The lowest BCUT2D eigenvalue weighted by Crippen LogP contribution is -2.36. The van der Waals surface area contributed by atoms with Gasteiger partial charge in [0, 0.05) is 11.8 Å². The van der Waals surface area contributed by atoms with E-state index in [0.717, 1.165) is 37.7 Å². The van der Waals surface area contributed by atoms with Crippen molar-refractivity contribution in [1.29, 1.82) is 0 Å². The van der Waals surface area contributed by atoms with Crippen molar-refractivity contribution in [3.05, 3.63) is 34.4 Å². The summed E-state index contributed by atoms with van der Waals surface area (Å²) < 4.78 is 35.6. The highest BCUT2D eigenvalue weighted by molar-refractivity contribution is 7.80. The van der Waals surface area contributed by atoms with Gasteiger partial charge in [-0.2, -0.15) is 8.42 Å². The molecule has 2 N–H and O–H groups in total. The van der Waals surface area contributed by atoms with E-state index in [-0.39, 0.29) is 11.5 Å². The second-order valence-corrected chi connectivity index (χ2v) is 8.86. The van der Waals surface area contributed by atoms with Crippen molar-refractivity contribution in [2.45, 2.75) is 70.0 Å². The van der Waals surface area contributed by atoms with Gasteiger partial charge in [0.15, 0.2) is 0 Å². The highest BCUT2D eigenvalue weighted by Crippen LogP contribution is 2.56. The molecule has 0 saturated heterocycles. The molecule has 1 aromatic rings. The van der Waals surface area contributed by atoms with Crippen LogP contribution in [0.15, 0.2) is 12.1 Å². The van der Waals surface area contributed by atoms with Crippen molar-refractivity contribution in [2.75, 3.05) is 0 Å². The molecule has 0 amide bonds. The second kappa shape index (κ2) is 5.53. The molecule has 3 aliphatic carbocycles. The van der Waals surface area contributed by atoms with Crippen LogP contribution in [0.2, 0.25) is 0 Å². The first-order valence-corrected chi connectivity index (χ1v) is 10.1. The molecule has 0 aromatic heterocycles. The molecule has 6 heteroatoms. The van der Waals surface area contributed by atoms with Crippen LogP contribution < -0.4 is 0 Å². The van der Waals surface area contributed by atoms with Gasteiger partial charge in [-0.05, 0) is 66.7 Å². The third-order valence-electron chi connectivity index (χ3n) is 6.56. The summed E-state index contributed by atoms with van der Waals surface area (Å²) in [6, 6.07) is 4.26. The van der Waals surface area contributed by atoms with Gasteiger partial charge in [0.1, 0.15) is 0 Å². The second-order valence-electron chi connectivity index (χ2n) is 7.81. The molecular formula is C18H24O5S. The lowest BCUT2D eigenvalue weighted by molar-refractivity contribution is 0.0455. The summed E-state index contributed by atoms with van der Waals surface area (Å²) in [7, 11) is -4.40. The van der Waals surface area contributed by atoms with Crippen LogP contribution in [0.5, 0.6) is 0 Å². The summed E-state index contributed by atoms with van der Waals surface area (Å²) in [6.07, 6.45) is 5.12. The minimum Gasteiger partial charge on any atom is -0.393 e. The van der Waals surface area contributed by atoms with E-state index in [1.165, 1.54) is 16.7 Å². The highest BCUT2D eigenvalue weighted by atomic mass is 32.3. The number of aliphatic hydroxyl groups is 1. The first kappa shape index (κ1) is 16.5. The Kier molecular flexibility index (Phi) is 3.80. The molecule has 0 radical (unpaired) electrons. The van der Waals surface area contributed by atoms with Crippen molar-refractivity contribution in [1.82, 2.24) is 0 Å². The molecule has 1 fully saturated rings. The largest absolute Gasteiger partial charge is 0.397 e. The number of hydrogen-bond donors (Lipinski definition) is 2. The number of hydrogen-bond acceptors (Lipinski definition) is 4. The Morgan fingerprint density at radius 1 is 1.17 bits per heavy atom. The molecule has 24 heavy (non-hydrogen) atoms. The van der Waals surface area contributed by atoms with Crippen LogP contribution in [0.25, 0.3) is 0 Å². The molecule has 0 aliphatic heterocycles. The van der Waals surface area contributed by atoms with Crippen LogP contribution in [0, 0.1) is 5.41 Å². The molecule has 1 aromatic carbocycles. The fraction of sp³-hybridized carbons (Fsp3) is 0.667. The average Bonchev–Trinajstić information content (AvgIpc) is 2.81. The zero-order valence-electron chi connectivity index (χ0n) is 13.9. The highest BCUT2D eigenvalue weighted by Gasteiger charge is 2.49. The van der Waals surface area contributed by atoms with Crippen molar-refractivity contribution in [3.63, 3.8) is 0 Å². The van der Waals surface area contributed by atoms with Gasteiger partial charge >= 0.3 is 10.4 Å². The average molecular weight is 352 g/mol. The Morgan fingerprint density at radius 3 is 2.71 bits per heavy atom. The molecule has 4 rings (SSSR count). The fourth-order valence-corrected chi connectivity index (χ4v) is 5.76. The third kappa shape index (κ3) is 2.60. The molecule has 1 saturated carbocycles. The van der Waals surface area contributed by atoms with E-state index >= 15 is 0 Å². The van der Waals surface area contributed by atoms with Gasteiger partial charge in [0.25, 0.3) is 0 Å². The molecule has 1 unspecified atom stereocenters. The van der Waals surface area contributed by atoms with Gasteiger partial charge in [-0.25, -0.2) is 4.18 Å². The molecule has 132 valence electrons. The van der Waals surface area contributed by atoms with E-state index in [0.29, 0.717) is 18.8 Å². The van der Waals surface area contributed by atoms with Crippen LogP contribution in [-0.2, 0) is 33.8 Å². The van der Waals surface area contributed by atoms with E-state index in [1.807, 2.05) is 0 Å². The summed E-state index contributed by atoms with van der Waals surface area (Å²) in [5, 5.41) is 10.4. The number of rotatable bonds is 2. The van der Waals surface area contributed by atoms with Gasteiger partial charge in [-0.3, -0.25) is 4.55 Å². The van der Waals surface area contributed by atoms with Crippen LogP contribution >= 0.6 is 0 Å². The van der Waals surface area contributed by atoms with Crippen molar-refractivity contribution in [2.24, 2.45) is 5.41 Å². The monoisotopic (exact) mass is 352 g/mol. The van der Waals surface area contributed by atoms with E-state index < -0.39 is 16.5 Å². The maximum atomic E-state index is 10.9. The fourth-order valence-electron chi connectivity index (χ4n) is 5.25. The Balaban J connectivity index is 1.66. The van der Waals surface area contributed by atoms with E-state index in [9.17, 15) is 13.5 Å². The van der Waals surface area contributed by atoms with E-state index in [2.05, 4.69) is 19.1 Å². The molecule has 0 bridgehead atoms. The van der Waals surface area contributed by atoms with Crippen LogP contribution in [0.3, 0.4) is 0 Å². The summed E-state index contributed by atoms with van der Waals surface area (Å²) in [6.45, 7) is 2.22. The Morgan fingerprint density at radius 2 is 1.96 bits per heavy atom. The number of benzene rings is 1. The third-order valence-corrected chi connectivity index (χ3v) is 7.08. The van der Waals surface area contributed by atoms with Gasteiger partial charge in [0.2, 0.25) is 0 Å². The standard InChI is InChI=1S/C18H24O5S/c1-18-9-8-14-13-5-3-12(23-24(20,21)22)10-11(13)2-4-15(14)16(18)6-7-17(18)19/h2,4,12,16-17,19H,3,5-10H2,1H3,(H,20,21,22)/t12-,16?,17-,18-/m0/s1. The number of fused-ring (bicyclic) bond motifs is 5. The maximum Gasteiger partial charge on any atom is 0.397 e. The quantitative estimate of drug-likeness (QED) is 0.799. The molecule has 0 heterocycles. The normalized spacial score (nSPS) is 35.2. The summed E-state index contributed by atoms with van der Waals surface area (Å²) >= 11 is 0. The zero-order valence-corrected chi connectivity index (χ0v) is 14.7. The maximum absolute atomic E-state index is 10.9. The molecule has 4 atom stereocenters. The lowest BCUT2D eigenvalue weighted by Gasteiger charge is -2.41.